The quantitative estimate of drug-likeness (QED) is 0.597. The number of hydrogen-bond donors (Lipinski definition) is 0. The fraction of sp³-hybridized carbons (Fsp3) is 0.0714. The number of carbonyl (C=O) groups excluding carboxylic acids is 1. The molecule has 0 aliphatic rings. The van der Waals surface area contributed by atoms with Gasteiger partial charge in [0.05, 0.1) is 0 Å². The Balaban J connectivity index is 2.40. The highest BCUT2D eigenvalue weighted by atomic mass is 127. The lowest BCUT2D eigenvalue weighted by Gasteiger charge is -2.03. The Morgan fingerprint density at radius 2 is 1.82 bits per heavy atom. The molecule has 3 heteroatoms. The number of aryl methyl sites for hydroxylation is 1. The van der Waals surface area contributed by atoms with Crippen LogP contribution in [-0.2, 0) is 0 Å². The zero-order valence-electron chi connectivity index (χ0n) is 9.21. The lowest BCUT2D eigenvalue weighted by molar-refractivity contribution is 0.103. The van der Waals surface area contributed by atoms with Crippen LogP contribution in [0.15, 0.2) is 42.5 Å². The molecule has 2 rings (SSSR count). The lowest BCUT2D eigenvalue weighted by atomic mass is 10.0. The first kappa shape index (κ1) is 12.2. The van der Waals surface area contributed by atoms with E-state index in [1.165, 1.54) is 6.07 Å². The van der Waals surface area contributed by atoms with Crippen LogP contribution in [0.3, 0.4) is 0 Å². The van der Waals surface area contributed by atoms with Crippen LogP contribution in [0.4, 0.5) is 4.39 Å². The SMILES string of the molecule is Cc1ccc(C(=O)c2cccc(I)c2)cc1F. The maximum atomic E-state index is 13.4. The number of carbonyl (C=O) groups is 1. The first-order chi connectivity index (χ1) is 8.08. The smallest absolute Gasteiger partial charge is 0.193 e. The predicted octanol–water partition coefficient (Wildman–Crippen LogP) is 3.97. The molecule has 0 aliphatic carbocycles. The molecule has 0 atom stereocenters. The van der Waals surface area contributed by atoms with E-state index in [4.69, 9.17) is 0 Å². The number of hydrogen-bond acceptors (Lipinski definition) is 1. The summed E-state index contributed by atoms with van der Waals surface area (Å²) in [7, 11) is 0. The van der Waals surface area contributed by atoms with E-state index in [9.17, 15) is 9.18 Å². The number of ketones is 1. The average Bonchev–Trinajstić information content (AvgIpc) is 2.32. The molecule has 0 aromatic heterocycles. The van der Waals surface area contributed by atoms with Crippen LogP contribution in [0.25, 0.3) is 0 Å². The molecule has 0 amide bonds. The van der Waals surface area contributed by atoms with E-state index in [-0.39, 0.29) is 11.6 Å². The molecule has 17 heavy (non-hydrogen) atoms. The minimum absolute atomic E-state index is 0.151. The van der Waals surface area contributed by atoms with Gasteiger partial charge in [-0.15, -0.1) is 0 Å². The monoisotopic (exact) mass is 340 g/mol. The number of benzene rings is 2. The minimum atomic E-state index is -0.346. The highest BCUT2D eigenvalue weighted by Gasteiger charge is 2.10. The molecule has 0 saturated carbocycles. The second kappa shape index (κ2) is 4.96. The van der Waals surface area contributed by atoms with E-state index in [1.54, 1.807) is 31.2 Å². The Labute approximate surface area is 113 Å². The summed E-state index contributed by atoms with van der Waals surface area (Å²) in [4.78, 5) is 12.1. The third-order valence-electron chi connectivity index (χ3n) is 2.52. The van der Waals surface area contributed by atoms with Crippen molar-refractivity contribution in [3.05, 3.63) is 68.5 Å². The van der Waals surface area contributed by atoms with Gasteiger partial charge >= 0.3 is 0 Å². The van der Waals surface area contributed by atoms with E-state index in [1.807, 2.05) is 12.1 Å². The average molecular weight is 340 g/mol. The number of halogens is 2. The van der Waals surface area contributed by atoms with Gasteiger partial charge in [-0.25, -0.2) is 4.39 Å². The molecule has 0 radical (unpaired) electrons. The molecule has 0 spiro atoms. The van der Waals surface area contributed by atoms with Crippen molar-refractivity contribution in [3.63, 3.8) is 0 Å². The summed E-state index contributed by atoms with van der Waals surface area (Å²) in [6, 6.07) is 11.8. The molecule has 86 valence electrons. The molecule has 0 aliphatic heterocycles. The van der Waals surface area contributed by atoms with Gasteiger partial charge in [0, 0.05) is 14.7 Å². The fourth-order valence-electron chi connectivity index (χ4n) is 1.53. The van der Waals surface area contributed by atoms with Crippen LogP contribution in [0, 0.1) is 16.3 Å². The molecule has 0 N–H and O–H groups in total. The Morgan fingerprint density at radius 3 is 2.47 bits per heavy atom. The largest absolute Gasteiger partial charge is 0.289 e. The van der Waals surface area contributed by atoms with Crippen molar-refractivity contribution in [2.75, 3.05) is 0 Å². The van der Waals surface area contributed by atoms with Gasteiger partial charge in [0.15, 0.2) is 5.78 Å². The van der Waals surface area contributed by atoms with Crippen LogP contribution < -0.4 is 0 Å². The molecular weight excluding hydrogens is 330 g/mol. The molecule has 0 bridgehead atoms. The maximum Gasteiger partial charge on any atom is 0.193 e. The minimum Gasteiger partial charge on any atom is -0.289 e. The van der Waals surface area contributed by atoms with Crippen LogP contribution in [0.1, 0.15) is 21.5 Å². The summed E-state index contributed by atoms with van der Waals surface area (Å²) in [6.45, 7) is 1.68. The van der Waals surface area contributed by atoms with Gasteiger partial charge < -0.3 is 0 Å². The van der Waals surface area contributed by atoms with E-state index in [2.05, 4.69) is 22.6 Å². The first-order valence-electron chi connectivity index (χ1n) is 5.14. The van der Waals surface area contributed by atoms with E-state index >= 15 is 0 Å². The summed E-state index contributed by atoms with van der Waals surface area (Å²) in [5.41, 5.74) is 1.51. The second-order valence-electron chi connectivity index (χ2n) is 3.80. The molecule has 0 fully saturated rings. The van der Waals surface area contributed by atoms with Gasteiger partial charge in [0.2, 0.25) is 0 Å². The lowest BCUT2D eigenvalue weighted by Crippen LogP contribution is -2.02. The highest BCUT2D eigenvalue weighted by Crippen LogP contribution is 2.15. The molecule has 1 nitrogen and oxygen atoms in total. The van der Waals surface area contributed by atoms with Gasteiger partial charge in [-0.3, -0.25) is 4.79 Å². The van der Waals surface area contributed by atoms with Gasteiger partial charge in [-0.1, -0.05) is 24.3 Å². The van der Waals surface area contributed by atoms with Crippen molar-refractivity contribution < 1.29 is 9.18 Å². The summed E-state index contributed by atoms with van der Waals surface area (Å²) in [5.74, 6) is -0.496. The normalized spacial score (nSPS) is 10.3. The third-order valence-corrected chi connectivity index (χ3v) is 3.19. The van der Waals surface area contributed by atoms with Gasteiger partial charge in [0.25, 0.3) is 0 Å². The Hall–Kier alpha value is -1.23. The molecular formula is C14H10FIO. The predicted molar refractivity (Wildman–Crippen MR) is 73.7 cm³/mol. The zero-order chi connectivity index (χ0) is 12.4. The third kappa shape index (κ3) is 2.72. The molecule has 2 aromatic carbocycles. The van der Waals surface area contributed by atoms with Crippen molar-refractivity contribution in [1.82, 2.24) is 0 Å². The van der Waals surface area contributed by atoms with E-state index in [0.29, 0.717) is 16.7 Å². The topological polar surface area (TPSA) is 17.1 Å². The molecule has 0 unspecified atom stereocenters. The van der Waals surface area contributed by atoms with Crippen molar-refractivity contribution in [3.8, 4) is 0 Å². The first-order valence-corrected chi connectivity index (χ1v) is 6.22. The second-order valence-corrected chi connectivity index (χ2v) is 5.05. The van der Waals surface area contributed by atoms with Gasteiger partial charge in [-0.2, -0.15) is 0 Å². The standard InChI is InChI=1S/C14H10FIO/c1-9-5-6-11(8-13(9)15)14(17)10-3-2-4-12(16)7-10/h2-8H,1H3. The Bertz CT molecular complexity index is 578. The van der Waals surface area contributed by atoms with Crippen LogP contribution in [0.2, 0.25) is 0 Å². The highest BCUT2D eigenvalue weighted by molar-refractivity contribution is 14.1. The summed E-state index contributed by atoms with van der Waals surface area (Å²) < 4.78 is 14.4. The Morgan fingerprint density at radius 1 is 1.12 bits per heavy atom. The van der Waals surface area contributed by atoms with Crippen molar-refractivity contribution in [2.45, 2.75) is 6.92 Å². The van der Waals surface area contributed by atoms with Crippen molar-refractivity contribution in [2.24, 2.45) is 0 Å². The Kier molecular flexibility index (Phi) is 3.57. The number of rotatable bonds is 2. The van der Waals surface area contributed by atoms with E-state index in [0.717, 1.165) is 3.57 Å². The zero-order valence-corrected chi connectivity index (χ0v) is 11.4. The molecule has 0 heterocycles. The van der Waals surface area contributed by atoms with Gasteiger partial charge in [0.1, 0.15) is 5.82 Å². The summed E-state index contributed by atoms with van der Waals surface area (Å²) in [5, 5.41) is 0. The summed E-state index contributed by atoms with van der Waals surface area (Å²) >= 11 is 2.14. The molecule has 0 saturated heterocycles. The van der Waals surface area contributed by atoms with Crippen molar-refractivity contribution in [1.29, 1.82) is 0 Å². The summed E-state index contributed by atoms with van der Waals surface area (Å²) in [6.07, 6.45) is 0. The van der Waals surface area contributed by atoms with Crippen LogP contribution in [-0.4, -0.2) is 5.78 Å². The fourth-order valence-corrected chi connectivity index (χ4v) is 2.07. The van der Waals surface area contributed by atoms with Crippen molar-refractivity contribution >= 4 is 28.4 Å². The maximum absolute atomic E-state index is 13.4. The van der Waals surface area contributed by atoms with E-state index < -0.39 is 0 Å². The van der Waals surface area contributed by atoms with Crippen LogP contribution in [0.5, 0.6) is 0 Å². The molecule has 2 aromatic rings. The van der Waals surface area contributed by atoms with Gasteiger partial charge in [-0.05, 0) is 53.3 Å². The van der Waals surface area contributed by atoms with Crippen LogP contribution >= 0.6 is 22.6 Å².